The van der Waals surface area contributed by atoms with Gasteiger partial charge in [0.05, 0.1) is 0 Å². The number of rotatable bonds is 6. The lowest BCUT2D eigenvalue weighted by atomic mass is 9.98. The maximum absolute atomic E-state index is 13.4. The lowest BCUT2D eigenvalue weighted by Crippen LogP contribution is -2.45. The van der Waals surface area contributed by atoms with Crippen molar-refractivity contribution in [2.24, 2.45) is 18.0 Å². The van der Waals surface area contributed by atoms with Crippen molar-refractivity contribution in [3.05, 3.63) is 18.2 Å². The first-order valence-electron chi connectivity index (χ1n) is 8.00. The number of alkyl halides is 3. The van der Waals surface area contributed by atoms with Gasteiger partial charge in [-0.1, -0.05) is 6.92 Å². The summed E-state index contributed by atoms with van der Waals surface area (Å²) in [5, 5.41) is 16.4. The summed E-state index contributed by atoms with van der Waals surface area (Å²) in [4.78, 5) is 7.83. The predicted molar refractivity (Wildman–Crippen MR) is 99.9 cm³/mol. The van der Waals surface area contributed by atoms with Crippen molar-refractivity contribution in [2.75, 3.05) is 13.1 Å². The number of aromatic nitrogens is 2. The highest BCUT2D eigenvalue weighted by Gasteiger charge is 2.57. The Hall–Kier alpha value is -1.04. The average molecular weight is 475 g/mol. The largest absolute Gasteiger partial charge is 0.424 e. The second kappa shape index (κ2) is 8.56. The second-order valence-corrected chi connectivity index (χ2v) is 6.19. The molecule has 10 heteroatoms. The summed E-state index contributed by atoms with van der Waals surface area (Å²) in [6.07, 6.45) is -1.81. The molecule has 3 unspecified atom stereocenters. The van der Waals surface area contributed by atoms with Crippen LogP contribution in [0.5, 0.6) is 0 Å². The van der Waals surface area contributed by atoms with Gasteiger partial charge in [-0.2, -0.15) is 13.2 Å². The fourth-order valence-corrected chi connectivity index (χ4v) is 2.49. The van der Waals surface area contributed by atoms with E-state index in [0.717, 1.165) is 6.42 Å². The van der Waals surface area contributed by atoms with Gasteiger partial charge in [0.1, 0.15) is 5.82 Å². The highest BCUT2D eigenvalue weighted by molar-refractivity contribution is 14.0. The Kier molecular flexibility index (Phi) is 7.54. The van der Waals surface area contributed by atoms with Crippen molar-refractivity contribution in [1.82, 2.24) is 20.2 Å². The van der Waals surface area contributed by atoms with E-state index in [-0.39, 0.29) is 30.5 Å². The monoisotopic (exact) mass is 475 g/mol. The molecule has 6 nitrogen and oxygen atoms in total. The van der Waals surface area contributed by atoms with Crippen LogP contribution >= 0.6 is 24.0 Å². The Morgan fingerprint density at radius 2 is 2.12 bits per heavy atom. The number of hydrogen-bond acceptors (Lipinski definition) is 3. The van der Waals surface area contributed by atoms with Crippen LogP contribution in [0.3, 0.4) is 0 Å². The summed E-state index contributed by atoms with van der Waals surface area (Å²) in [6.45, 7) is 4.40. The third-order valence-corrected chi connectivity index (χ3v) is 4.18. The molecule has 0 radical (unpaired) electrons. The van der Waals surface area contributed by atoms with Gasteiger partial charge < -0.3 is 20.3 Å². The average Bonchev–Trinajstić information content (AvgIpc) is 2.98. The molecular weight excluding hydrogens is 450 g/mol. The molecule has 0 spiro atoms. The molecule has 0 saturated heterocycles. The first-order chi connectivity index (χ1) is 11.2. The number of hydrogen-bond donors (Lipinski definition) is 3. The van der Waals surface area contributed by atoms with Crippen LogP contribution in [0.25, 0.3) is 0 Å². The van der Waals surface area contributed by atoms with Crippen molar-refractivity contribution >= 4 is 29.9 Å². The maximum atomic E-state index is 13.4. The summed E-state index contributed by atoms with van der Waals surface area (Å²) in [5.74, 6) is 0.573. The molecule has 0 bridgehead atoms. The zero-order chi connectivity index (χ0) is 18.0. The first kappa shape index (κ1) is 22.0. The van der Waals surface area contributed by atoms with Crippen molar-refractivity contribution < 1.29 is 18.3 Å². The van der Waals surface area contributed by atoms with E-state index >= 15 is 0 Å². The van der Waals surface area contributed by atoms with Crippen molar-refractivity contribution in [3.8, 4) is 0 Å². The van der Waals surface area contributed by atoms with Gasteiger partial charge in [0.25, 0.3) is 0 Å². The molecule has 1 aromatic heterocycles. The van der Waals surface area contributed by atoms with Crippen LogP contribution in [0, 0.1) is 5.92 Å². The van der Waals surface area contributed by atoms with E-state index in [0.29, 0.717) is 24.5 Å². The van der Waals surface area contributed by atoms with E-state index in [9.17, 15) is 18.3 Å². The van der Waals surface area contributed by atoms with E-state index in [4.69, 9.17) is 0 Å². The molecule has 25 heavy (non-hydrogen) atoms. The zero-order valence-electron chi connectivity index (χ0n) is 14.5. The molecule has 1 aliphatic rings. The van der Waals surface area contributed by atoms with Crippen molar-refractivity contribution in [1.29, 1.82) is 0 Å². The fraction of sp³-hybridized carbons (Fsp3) is 0.733. The van der Waals surface area contributed by atoms with Gasteiger partial charge in [0, 0.05) is 45.0 Å². The minimum absolute atomic E-state index is 0. The molecule has 0 amide bonds. The minimum Gasteiger partial charge on any atom is -0.374 e. The topological polar surface area (TPSA) is 74.5 Å². The van der Waals surface area contributed by atoms with Crippen LogP contribution in [-0.4, -0.2) is 45.9 Å². The molecular formula is C15H25F3IN5O. The minimum atomic E-state index is -4.83. The molecule has 3 N–H and O–H groups in total. The molecule has 0 aromatic carbocycles. The number of aryl methyl sites for hydroxylation is 1. The number of halogens is 4. The molecule has 0 aliphatic heterocycles. The molecule has 1 aromatic rings. The predicted octanol–water partition coefficient (Wildman–Crippen LogP) is 2.14. The van der Waals surface area contributed by atoms with Crippen molar-refractivity contribution in [2.45, 2.75) is 44.5 Å². The van der Waals surface area contributed by atoms with Gasteiger partial charge in [-0.25, -0.2) is 4.98 Å². The number of aliphatic hydroxyl groups is 1. The summed E-state index contributed by atoms with van der Waals surface area (Å²) in [5.41, 5.74) is -3.03. The quantitative estimate of drug-likeness (QED) is 0.335. The smallest absolute Gasteiger partial charge is 0.374 e. The van der Waals surface area contributed by atoms with Gasteiger partial charge in [0.15, 0.2) is 5.96 Å². The third-order valence-electron chi connectivity index (χ3n) is 4.18. The van der Waals surface area contributed by atoms with E-state index in [1.54, 1.807) is 0 Å². The maximum Gasteiger partial charge on any atom is 0.424 e. The van der Waals surface area contributed by atoms with Crippen LogP contribution in [0.15, 0.2) is 17.4 Å². The van der Waals surface area contributed by atoms with E-state index in [1.165, 1.54) is 24.0 Å². The number of nitrogens with one attached hydrogen (secondary N) is 2. The summed E-state index contributed by atoms with van der Waals surface area (Å²) < 4.78 is 41.4. The SMILES string of the molecule is CCNC(=NCCC(O)(c1nccn1C)C(F)(F)F)NC1CC1C.I. The van der Waals surface area contributed by atoms with Gasteiger partial charge in [0.2, 0.25) is 5.60 Å². The number of guanidine groups is 1. The molecule has 1 saturated carbocycles. The number of nitrogens with zero attached hydrogens (tertiary/aromatic N) is 3. The molecule has 3 atom stereocenters. The third kappa shape index (κ3) is 5.22. The molecule has 144 valence electrons. The molecule has 1 fully saturated rings. The molecule has 2 rings (SSSR count). The Labute approximate surface area is 162 Å². The Bertz CT molecular complexity index is 592. The van der Waals surface area contributed by atoms with E-state index < -0.39 is 24.0 Å². The molecule has 1 aliphatic carbocycles. The van der Waals surface area contributed by atoms with Crippen molar-refractivity contribution in [3.63, 3.8) is 0 Å². The Morgan fingerprint density at radius 3 is 2.56 bits per heavy atom. The number of aliphatic imine (C=N–C) groups is 1. The standard InChI is InChI=1S/C15H24F3N5O.HI/c1-4-19-13(22-11-9-10(11)2)21-6-5-14(24,15(16,17)18)12-20-7-8-23(12)3;/h7-8,10-11,24H,4-6,9H2,1-3H3,(H2,19,21,22);1H. The number of imidazole rings is 1. The van der Waals surface area contributed by atoms with E-state index in [1.807, 2.05) is 6.92 Å². The zero-order valence-corrected chi connectivity index (χ0v) is 16.8. The lowest BCUT2D eigenvalue weighted by Gasteiger charge is -2.29. The normalized spacial score (nSPS) is 22.8. The van der Waals surface area contributed by atoms with Crippen LogP contribution in [0.2, 0.25) is 0 Å². The highest BCUT2D eigenvalue weighted by atomic mass is 127. The van der Waals surface area contributed by atoms with Gasteiger partial charge in [-0.05, 0) is 19.3 Å². The Balaban J connectivity index is 0.00000312. The van der Waals surface area contributed by atoms with E-state index in [2.05, 4.69) is 27.5 Å². The molecule has 1 heterocycles. The van der Waals surface area contributed by atoms with Gasteiger partial charge in [-0.3, -0.25) is 4.99 Å². The van der Waals surface area contributed by atoms with Crippen LogP contribution in [0.4, 0.5) is 13.2 Å². The lowest BCUT2D eigenvalue weighted by molar-refractivity contribution is -0.272. The highest BCUT2D eigenvalue weighted by Crippen LogP contribution is 2.40. The van der Waals surface area contributed by atoms with Gasteiger partial charge in [-0.15, -0.1) is 24.0 Å². The Morgan fingerprint density at radius 1 is 1.48 bits per heavy atom. The van der Waals surface area contributed by atoms with Crippen LogP contribution < -0.4 is 10.6 Å². The summed E-state index contributed by atoms with van der Waals surface area (Å²) >= 11 is 0. The first-order valence-corrected chi connectivity index (χ1v) is 8.00. The van der Waals surface area contributed by atoms with Gasteiger partial charge >= 0.3 is 6.18 Å². The van der Waals surface area contributed by atoms with Crippen LogP contribution in [0.1, 0.15) is 32.5 Å². The fourth-order valence-electron chi connectivity index (χ4n) is 2.49. The van der Waals surface area contributed by atoms with Crippen LogP contribution in [-0.2, 0) is 12.6 Å². The second-order valence-electron chi connectivity index (χ2n) is 6.19. The summed E-state index contributed by atoms with van der Waals surface area (Å²) in [7, 11) is 1.42. The summed E-state index contributed by atoms with van der Waals surface area (Å²) in [6, 6.07) is 0.304.